The van der Waals surface area contributed by atoms with Crippen LogP contribution in [-0.2, 0) is 0 Å². The van der Waals surface area contributed by atoms with Crippen molar-refractivity contribution in [3.63, 3.8) is 0 Å². The number of fused-ring (bicyclic) bond motifs is 10. The molecule has 18 rings (SSSR count). The van der Waals surface area contributed by atoms with Crippen molar-refractivity contribution in [2.45, 2.75) is 13.8 Å². The molecule has 0 spiro atoms. The van der Waals surface area contributed by atoms with Crippen LogP contribution in [0.2, 0.25) is 0 Å². The molecule has 0 saturated heterocycles. The molecule has 2 aliphatic carbocycles. The zero-order valence-electron chi connectivity index (χ0n) is 47.6. The van der Waals surface area contributed by atoms with Gasteiger partial charge in [0.1, 0.15) is 0 Å². The molecule has 16 aromatic rings. The highest BCUT2D eigenvalue weighted by Crippen LogP contribution is 2.60. The number of aryl methyl sites for hydroxylation is 2. The van der Waals surface area contributed by atoms with Gasteiger partial charge in [0.25, 0.3) is 0 Å². The van der Waals surface area contributed by atoms with Crippen LogP contribution in [0.1, 0.15) is 11.4 Å². The Morgan fingerprint density at radius 2 is 0.605 bits per heavy atom. The lowest BCUT2D eigenvalue weighted by molar-refractivity contribution is 1.15. The largest absolute Gasteiger partial charge is 0.264 e. The molecule has 2 heterocycles. The van der Waals surface area contributed by atoms with Gasteiger partial charge in [0.15, 0.2) is 0 Å². The molecule has 0 atom stereocenters. The summed E-state index contributed by atoms with van der Waals surface area (Å²) in [6.45, 7) is 4.18. The fourth-order valence-electron chi connectivity index (χ4n) is 14.7. The number of hydrogen-bond acceptors (Lipinski definition) is 2. The van der Waals surface area contributed by atoms with Gasteiger partial charge in [-0.25, -0.2) is 0 Å². The molecule has 2 heteroatoms. The average molecular weight is 1090 g/mol. The SMILES string of the molecule is Cc1cc2ccc(-c3ccc4c5c(cccc35)-c3c-4c(-c4ccccc4)c4ccccc4c3-c3ccccc3)cc2c(C)n1.c1ccc(-c2c3c(c(-c4ccccc4)c4ccccc24)-c2ccc(-c4ccc5ccncc5c4)c4cccc-3c24)cc1. The molecular weight excluding hydrogens is 1040 g/mol. The summed E-state index contributed by atoms with van der Waals surface area (Å²) in [7, 11) is 0. The Labute approximate surface area is 499 Å². The van der Waals surface area contributed by atoms with Crippen LogP contribution in [0, 0.1) is 13.8 Å². The van der Waals surface area contributed by atoms with Gasteiger partial charge >= 0.3 is 0 Å². The first-order valence-electron chi connectivity index (χ1n) is 29.8. The van der Waals surface area contributed by atoms with Gasteiger partial charge in [0.2, 0.25) is 0 Å². The fourth-order valence-corrected chi connectivity index (χ4v) is 14.7. The second-order valence-corrected chi connectivity index (χ2v) is 23.1. The molecule has 400 valence electrons. The Morgan fingerprint density at radius 3 is 1.05 bits per heavy atom. The summed E-state index contributed by atoms with van der Waals surface area (Å²) in [5.74, 6) is 0. The molecular formula is C84H54N2. The lowest BCUT2D eigenvalue weighted by atomic mass is 9.82. The molecule has 2 aliphatic rings. The van der Waals surface area contributed by atoms with Crippen LogP contribution in [0.3, 0.4) is 0 Å². The highest BCUT2D eigenvalue weighted by molar-refractivity contribution is 6.31. The Morgan fingerprint density at radius 1 is 0.233 bits per heavy atom. The lowest BCUT2D eigenvalue weighted by Crippen LogP contribution is -1.93. The van der Waals surface area contributed by atoms with Crippen molar-refractivity contribution >= 4 is 64.6 Å². The van der Waals surface area contributed by atoms with Gasteiger partial charge in [0, 0.05) is 34.6 Å². The van der Waals surface area contributed by atoms with Crippen LogP contribution < -0.4 is 0 Å². The molecule has 0 bridgehead atoms. The van der Waals surface area contributed by atoms with Crippen LogP contribution in [0.15, 0.2) is 291 Å². The van der Waals surface area contributed by atoms with Crippen LogP contribution in [0.4, 0.5) is 0 Å². The second kappa shape index (κ2) is 19.8. The summed E-state index contributed by atoms with van der Waals surface area (Å²) in [6, 6.07) is 102. The summed E-state index contributed by atoms with van der Waals surface area (Å²) in [4.78, 5) is 9.15. The van der Waals surface area contributed by atoms with Crippen molar-refractivity contribution in [2.75, 3.05) is 0 Å². The molecule has 0 unspecified atom stereocenters. The minimum absolute atomic E-state index is 1.06. The zero-order chi connectivity index (χ0) is 57.0. The van der Waals surface area contributed by atoms with Crippen molar-refractivity contribution in [1.29, 1.82) is 0 Å². The summed E-state index contributed by atoms with van der Waals surface area (Å²) < 4.78 is 0. The van der Waals surface area contributed by atoms with E-state index >= 15 is 0 Å². The maximum Gasteiger partial charge on any atom is 0.0454 e. The number of hydrogen-bond donors (Lipinski definition) is 0. The summed E-state index contributed by atoms with van der Waals surface area (Å²) in [5.41, 5.74) is 27.9. The summed E-state index contributed by atoms with van der Waals surface area (Å²) in [6.07, 6.45) is 3.81. The molecule has 0 fully saturated rings. The van der Waals surface area contributed by atoms with E-state index in [0.29, 0.717) is 0 Å². The normalized spacial score (nSPS) is 11.8. The van der Waals surface area contributed by atoms with Crippen molar-refractivity contribution in [2.24, 2.45) is 0 Å². The Bertz CT molecular complexity index is 5270. The maximum absolute atomic E-state index is 4.77. The lowest BCUT2D eigenvalue weighted by Gasteiger charge is -2.20. The van der Waals surface area contributed by atoms with E-state index in [1.165, 1.54) is 171 Å². The third-order valence-electron chi connectivity index (χ3n) is 18.3. The average Bonchev–Trinajstić information content (AvgIpc) is 1.64. The third kappa shape index (κ3) is 7.66. The minimum atomic E-state index is 1.06. The molecule has 14 aromatic carbocycles. The van der Waals surface area contributed by atoms with Crippen molar-refractivity contribution < 1.29 is 0 Å². The molecule has 0 aliphatic heterocycles. The van der Waals surface area contributed by atoms with Crippen molar-refractivity contribution in [1.82, 2.24) is 9.97 Å². The van der Waals surface area contributed by atoms with E-state index in [9.17, 15) is 0 Å². The fraction of sp³-hybridized carbons (Fsp3) is 0.0238. The molecule has 86 heavy (non-hydrogen) atoms. The van der Waals surface area contributed by atoms with E-state index in [2.05, 4.69) is 298 Å². The highest BCUT2D eigenvalue weighted by atomic mass is 14.7. The van der Waals surface area contributed by atoms with E-state index in [1.807, 2.05) is 12.4 Å². The number of rotatable bonds is 6. The van der Waals surface area contributed by atoms with Gasteiger partial charge in [0.05, 0.1) is 0 Å². The van der Waals surface area contributed by atoms with Crippen molar-refractivity contribution in [3.05, 3.63) is 303 Å². The van der Waals surface area contributed by atoms with E-state index in [-0.39, 0.29) is 0 Å². The van der Waals surface area contributed by atoms with Gasteiger partial charge in [-0.15, -0.1) is 0 Å². The number of pyridine rings is 2. The first-order chi connectivity index (χ1) is 42.5. The maximum atomic E-state index is 4.77. The highest BCUT2D eigenvalue weighted by Gasteiger charge is 2.33. The summed E-state index contributed by atoms with van der Waals surface area (Å²) in [5, 5.41) is 15.2. The Balaban J connectivity index is 0.000000135. The van der Waals surface area contributed by atoms with E-state index in [1.54, 1.807) is 0 Å². The first kappa shape index (κ1) is 49.5. The van der Waals surface area contributed by atoms with Gasteiger partial charge < -0.3 is 0 Å². The van der Waals surface area contributed by atoms with E-state index < -0.39 is 0 Å². The molecule has 2 aromatic heterocycles. The van der Waals surface area contributed by atoms with Gasteiger partial charge in [-0.2, -0.15) is 0 Å². The quantitative estimate of drug-likeness (QED) is 0.166. The molecule has 0 radical (unpaired) electrons. The zero-order valence-corrected chi connectivity index (χ0v) is 47.6. The number of benzene rings is 14. The number of aromatic nitrogens is 2. The van der Waals surface area contributed by atoms with Crippen LogP contribution >= 0.6 is 0 Å². The summed E-state index contributed by atoms with van der Waals surface area (Å²) >= 11 is 0. The molecule has 0 amide bonds. The van der Waals surface area contributed by atoms with Gasteiger partial charge in [-0.05, 0) is 203 Å². The molecule has 0 N–H and O–H groups in total. The third-order valence-corrected chi connectivity index (χ3v) is 18.3. The smallest absolute Gasteiger partial charge is 0.0454 e. The monoisotopic (exact) mass is 1090 g/mol. The van der Waals surface area contributed by atoms with Gasteiger partial charge in [-0.1, -0.05) is 255 Å². The first-order valence-corrected chi connectivity index (χ1v) is 29.8. The standard InChI is InChI=1S/C43H29N.C41H25N/c1-26-24-30-20-21-31(25-38(30)27(2)44-26)32-22-23-37-41-33(32)18-11-19-36(41)42-39(28-12-5-3-6-13-28)34-16-9-10-17-35(34)40(43(37)42)29-14-7-4-8-15-29;1-3-10-27(11-4-1)37-33-14-7-8-15-34(33)38(28-12-5-2-6-13-28)41-36-21-20-31(32-16-9-17-35(39(32)36)40(37)41)29-19-18-26-22-23-42-25-30(26)24-29/h3-25H,1-2H3;1-25H. The van der Waals surface area contributed by atoms with Crippen LogP contribution in [-0.4, -0.2) is 9.97 Å². The minimum Gasteiger partial charge on any atom is -0.264 e. The Hall–Kier alpha value is -11.1. The van der Waals surface area contributed by atoms with Crippen molar-refractivity contribution in [3.8, 4) is 111 Å². The van der Waals surface area contributed by atoms with E-state index in [4.69, 9.17) is 4.98 Å². The molecule has 2 nitrogen and oxygen atoms in total. The van der Waals surface area contributed by atoms with Gasteiger partial charge in [-0.3, -0.25) is 9.97 Å². The topological polar surface area (TPSA) is 25.8 Å². The van der Waals surface area contributed by atoms with Crippen LogP contribution in [0.25, 0.3) is 176 Å². The second-order valence-electron chi connectivity index (χ2n) is 23.1. The predicted molar refractivity (Wildman–Crippen MR) is 364 cm³/mol. The van der Waals surface area contributed by atoms with E-state index in [0.717, 1.165) is 16.8 Å². The number of nitrogens with zero attached hydrogens (tertiary/aromatic N) is 2. The predicted octanol–water partition coefficient (Wildman–Crippen LogP) is 23.0. The molecule has 0 saturated carbocycles. The van der Waals surface area contributed by atoms with Crippen LogP contribution in [0.5, 0.6) is 0 Å². The Kier molecular flexibility index (Phi) is 11.4.